The van der Waals surface area contributed by atoms with Crippen LogP contribution >= 0.6 is 11.6 Å². The van der Waals surface area contributed by atoms with Gasteiger partial charge in [0.25, 0.3) is 5.88 Å². The number of aromatic nitrogens is 2. The fourth-order valence-electron chi connectivity index (χ4n) is 3.45. The molecule has 0 atom stereocenters. The summed E-state index contributed by atoms with van der Waals surface area (Å²) in [5.41, 5.74) is 2.35. The summed E-state index contributed by atoms with van der Waals surface area (Å²) in [6, 6.07) is 20.7. The Balaban J connectivity index is 1.31. The molecule has 4 nitrogen and oxygen atoms in total. The number of ether oxygens (including phenoxy) is 2. The van der Waals surface area contributed by atoms with Crippen LogP contribution in [0.5, 0.6) is 11.9 Å². The van der Waals surface area contributed by atoms with Crippen molar-refractivity contribution in [3.63, 3.8) is 0 Å². The highest BCUT2D eigenvalue weighted by Crippen LogP contribution is 2.35. The minimum absolute atomic E-state index is 0.00971. The first-order valence-corrected chi connectivity index (χ1v) is 11.4. The van der Waals surface area contributed by atoms with Crippen molar-refractivity contribution in [1.82, 2.24) is 9.97 Å². The quantitative estimate of drug-likeness (QED) is 0.223. The Kier molecular flexibility index (Phi) is 8.05. The third-order valence-corrected chi connectivity index (χ3v) is 5.63. The molecule has 0 spiro atoms. The van der Waals surface area contributed by atoms with Crippen molar-refractivity contribution in [2.24, 2.45) is 0 Å². The van der Waals surface area contributed by atoms with Crippen molar-refractivity contribution in [1.29, 1.82) is 0 Å². The average Bonchev–Trinajstić information content (AvgIpc) is 2.86. The van der Waals surface area contributed by atoms with Gasteiger partial charge in [0.1, 0.15) is 6.61 Å². The van der Waals surface area contributed by atoms with E-state index >= 15 is 0 Å². The standard InChI is InChI=1S/C27H21ClF4N2O2/c28-23-11-10-21(15-22(23)27(30,31)32)14-19-8-6-18(7-9-19)12-13-35-25-24(29)16-33-26(34-25)36-17-20-4-2-1-3-5-20/h1-11,15-16H,12-14,17H2. The fraction of sp³-hybridized carbons (Fsp3) is 0.185. The van der Waals surface area contributed by atoms with E-state index in [1.165, 1.54) is 6.07 Å². The number of hydrogen-bond donors (Lipinski definition) is 0. The normalized spacial score (nSPS) is 11.4. The van der Waals surface area contributed by atoms with E-state index in [0.29, 0.717) is 18.4 Å². The van der Waals surface area contributed by atoms with Crippen LogP contribution in [0.4, 0.5) is 17.6 Å². The molecule has 0 unspecified atom stereocenters. The molecular weight excluding hydrogens is 496 g/mol. The molecule has 186 valence electrons. The molecule has 1 heterocycles. The van der Waals surface area contributed by atoms with E-state index in [1.807, 2.05) is 54.6 Å². The Hall–Kier alpha value is -3.65. The summed E-state index contributed by atoms with van der Waals surface area (Å²) in [5, 5.41) is -0.323. The van der Waals surface area contributed by atoms with Crippen molar-refractivity contribution < 1.29 is 27.0 Å². The molecule has 0 amide bonds. The van der Waals surface area contributed by atoms with Gasteiger partial charge in [0, 0.05) is 6.42 Å². The van der Waals surface area contributed by atoms with Crippen molar-refractivity contribution in [3.8, 4) is 11.9 Å². The SMILES string of the molecule is Fc1cnc(OCc2ccccc2)nc1OCCc1ccc(Cc2ccc(Cl)c(C(F)(F)F)c2)cc1. The number of nitrogens with zero attached hydrogens (tertiary/aromatic N) is 2. The van der Waals surface area contributed by atoms with Crippen LogP contribution in [0.15, 0.2) is 79.0 Å². The molecule has 0 fully saturated rings. The van der Waals surface area contributed by atoms with Gasteiger partial charge in [-0.1, -0.05) is 72.3 Å². The molecule has 0 aliphatic heterocycles. The zero-order chi connectivity index (χ0) is 25.5. The molecule has 0 saturated carbocycles. The molecule has 0 N–H and O–H groups in total. The summed E-state index contributed by atoms with van der Waals surface area (Å²) in [7, 11) is 0. The number of alkyl halides is 3. The maximum absolute atomic E-state index is 14.1. The maximum atomic E-state index is 14.1. The largest absolute Gasteiger partial charge is 0.475 e. The molecular formula is C27H21ClF4N2O2. The number of rotatable bonds is 9. The van der Waals surface area contributed by atoms with Crippen LogP contribution in [-0.4, -0.2) is 16.6 Å². The summed E-state index contributed by atoms with van der Waals surface area (Å²) >= 11 is 5.69. The first-order chi connectivity index (χ1) is 17.3. The monoisotopic (exact) mass is 516 g/mol. The Bertz CT molecular complexity index is 1300. The predicted octanol–water partition coefficient (Wildman–Crippen LogP) is 7.08. The van der Waals surface area contributed by atoms with Gasteiger partial charge in [0.15, 0.2) is 0 Å². The van der Waals surface area contributed by atoms with Crippen LogP contribution in [-0.2, 0) is 25.6 Å². The molecule has 4 aromatic rings. The van der Waals surface area contributed by atoms with Crippen molar-refractivity contribution in [2.45, 2.75) is 25.6 Å². The van der Waals surface area contributed by atoms with E-state index in [-0.39, 0.29) is 30.1 Å². The number of halogens is 5. The van der Waals surface area contributed by atoms with Gasteiger partial charge in [-0.15, -0.1) is 0 Å². The van der Waals surface area contributed by atoms with E-state index in [4.69, 9.17) is 21.1 Å². The van der Waals surface area contributed by atoms with Gasteiger partial charge in [-0.25, -0.2) is 4.98 Å². The van der Waals surface area contributed by atoms with Gasteiger partial charge in [0.2, 0.25) is 5.82 Å². The van der Waals surface area contributed by atoms with Crippen LogP contribution in [0.2, 0.25) is 5.02 Å². The van der Waals surface area contributed by atoms with Crippen LogP contribution in [0.25, 0.3) is 0 Å². The first-order valence-electron chi connectivity index (χ1n) is 11.0. The van der Waals surface area contributed by atoms with Crippen molar-refractivity contribution >= 4 is 11.6 Å². The highest BCUT2D eigenvalue weighted by atomic mass is 35.5. The lowest BCUT2D eigenvalue weighted by Gasteiger charge is -2.11. The van der Waals surface area contributed by atoms with E-state index in [1.54, 1.807) is 6.07 Å². The minimum atomic E-state index is -4.51. The smallest absolute Gasteiger partial charge is 0.417 e. The summed E-state index contributed by atoms with van der Waals surface area (Å²) < 4.78 is 64.3. The maximum Gasteiger partial charge on any atom is 0.417 e. The second-order valence-electron chi connectivity index (χ2n) is 7.98. The van der Waals surface area contributed by atoms with Crippen molar-refractivity contribution in [3.05, 3.63) is 118 Å². The molecule has 3 aromatic carbocycles. The van der Waals surface area contributed by atoms with E-state index in [0.717, 1.165) is 29.0 Å². The lowest BCUT2D eigenvalue weighted by Crippen LogP contribution is -2.07. The molecule has 0 saturated heterocycles. The van der Waals surface area contributed by atoms with E-state index < -0.39 is 17.6 Å². The Morgan fingerprint density at radius 1 is 0.806 bits per heavy atom. The second kappa shape index (κ2) is 11.4. The lowest BCUT2D eigenvalue weighted by molar-refractivity contribution is -0.137. The zero-order valence-electron chi connectivity index (χ0n) is 18.9. The third kappa shape index (κ3) is 6.95. The van der Waals surface area contributed by atoms with Crippen LogP contribution in [0, 0.1) is 5.82 Å². The topological polar surface area (TPSA) is 44.2 Å². The minimum Gasteiger partial charge on any atom is -0.475 e. The Morgan fingerprint density at radius 3 is 2.22 bits per heavy atom. The summed E-state index contributed by atoms with van der Waals surface area (Å²) in [6.07, 6.45) is -2.70. The van der Waals surface area contributed by atoms with Crippen LogP contribution in [0.3, 0.4) is 0 Å². The van der Waals surface area contributed by atoms with Crippen molar-refractivity contribution in [2.75, 3.05) is 6.61 Å². The summed E-state index contributed by atoms with van der Waals surface area (Å²) in [5.74, 6) is -0.897. The van der Waals surface area contributed by atoms with Gasteiger partial charge in [-0.2, -0.15) is 22.5 Å². The van der Waals surface area contributed by atoms with E-state index in [2.05, 4.69) is 9.97 Å². The van der Waals surface area contributed by atoms with Gasteiger partial charge in [-0.3, -0.25) is 0 Å². The van der Waals surface area contributed by atoms with Gasteiger partial charge in [-0.05, 0) is 40.8 Å². The average molecular weight is 517 g/mol. The molecule has 9 heteroatoms. The molecule has 36 heavy (non-hydrogen) atoms. The highest BCUT2D eigenvalue weighted by molar-refractivity contribution is 6.31. The molecule has 0 aliphatic rings. The summed E-state index contributed by atoms with van der Waals surface area (Å²) in [6.45, 7) is 0.406. The molecule has 1 aromatic heterocycles. The number of benzene rings is 3. The molecule has 4 rings (SSSR count). The Labute approximate surface area is 210 Å². The summed E-state index contributed by atoms with van der Waals surface area (Å²) in [4.78, 5) is 7.82. The van der Waals surface area contributed by atoms with Gasteiger partial charge < -0.3 is 9.47 Å². The van der Waals surface area contributed by atoms with Crippen LogP contribution in [0.1, 0.15) is 27.8 Å². The first kappa shape index (κ1) is 25.4. The predicted molar refractivity (Wildman–Crippen MR) is 128 cm³/mol. The zero-order valence-corrected chi connectivity index (χ0v) is 19.7. The van der Waals surface area contributed by atoms with Gasteiger partial charge in [0.05, 0.1) is 23.4 Å². The second-order valence-corrected chi connectivity index (χ2v) is 8.39. The Morgan fingerprint density at radius 2 is 1.50 bits per heavy atom. The van der Waals surface area contributed by atoms with E-state index in [9.17, 15) is 17.6 Å². The fourth-order valence-corrected chi connectivity index (χ4v) is 3.68. The molecule has 0 aliphatic carbocycles. The van der Waals surface area contributed by atoms with Crippen LogP contribution < -0.4 is 9.47 Å². The third-order valence-electron chi connectivity index (χ3n) is 5.30. The highest BCUT2D eigenvalue weighted by Gasteiger charge is 2.33. The lowest BCUT2D eigenvalue weighted by atomic mass is 10.0. The molecule has 0 radical (unpaired) electrons. The van der Waals surface area contributed by atoms with Gasteiger partial charge >= 0.3 is 12.2 Å². The molecule has 0 bridgehead atoms. The number of hydrogen-bond acceptors (Lipinski definition) is 4.